The van der Waals surface area contributed by atoms with Crippen molar-refractivity contribution in [3.63, 3.8) is 0 Å². The zero-order chi connectivity index (χ0) is 20.4. The average Bonchev–Trinajstić information content (AvgIpc) is 3.40. The van der Waals surface area contributed by atoms with Gasteiger partial charge in [-0.1, -0.05) is 42.5 Å². The number of aromatic amines is 1. The number of aromatic nitrogens is 1. The van der Waals surface area contributed by atoms with Crippen LogP contribution in [-0.2, 0) is 0 Å². The summed E-state index contributed by atoms with van der Waals surface area (Å²) in [5.41, 5.74) is 3.36. The highest BCUT2D eigenvalue weighted by molar-refractivity contribution is 6.11. The third-order valence-corrected chi connectivity index (χ3v) is 5.20. The Labute approximate surface area is 169 Å². The molecule has 1 heterocycles. The van der Waals surface area contributed by atoms with E-state index in [9.17, 15) is 14.4 Å². The molecule has 0 unspecified atom stereocenters. The van der Waals surface area contributed by atoms with Crippen molar-refractivity contribution in [2.45, 2.75) is 26.2 Å². The molecule has 1 aliphatic carbocycles. The molecule has 0 bridgehead atoms. The molecule has 1 amide bonds. The molecule has 3 aromatic rings. The van der Waals surface area contributed by atoms with Crippen LogP contribution in [-0.4, -0.2) is 22.5 Å². The zero-order valence-electron chi connectivity index (χ0n) is 16.2. The molecule has 2 aromatic carbocycles. The van der Waals surface area contributed by atoms with Crippen LogP contribution in [0.25, 0.3) is 0 Å². The summed E-state index contributed by atoms with van der Waals surface area (Å²) in [6.07, 6.45) is 4.35. The number of rotatable bonds is 7. The lowest BCUT2D eigenvalue weighted by molar-refractivity contribution is 0.0973. The number of H-pyrrole nitrogens is 1. The quantitative estimate of drug-likeness (QED) is 0.573. The second kappa shape index (κ2) is 7.87. The van der Waals surface area contributed by atoms with Crippen molar-refractivity contribution in [3.05, 3.63) is 88.7 Å². The van der Waals surface area contributed by atoms with Gasteiger partial charge in [0.05, 0.1) is 0 Å². The van der Waals surface area contributed by atoms with Gasteiger partial charge >= 0.3 is 0 Å². The van der Waals surface area contributed by atoms with Gasteiger partial charge in [-0.3, -0.25) is 14.4 Å². The lowest BCUT2D eigenvalue weighted by Crippen LogP contribution is -2.14. The summed E-state index contributed by atoms with van der Waals surface area (Å²) >= 11 is 0. The number of nitrogens with one attached hydrogen (secondary N) is 2. The minimum atomic E-state index is -0.355. The van der Waals surface area contributed by atoms with Crippen molar-refractivity contribution in [2.24, 2.45) is 5.92 Å². The minimum Gasteiger partial charge on any atom is -0.356 e. The second-order valence-corrected chi connectivity index (χ2v) is 7.55. The van der Waals surface area contributed by atoms with Crippen LogP contribution in [0.15, 0.2) is 60.8 Å². The van der Waals surface area contributed by atoms with E-state index in [0.717, 1.165) is 18.4 Å². The molecule has 1 fully saturated rings. The van der Waals surface area contributed by atoms with Crippen LogP contribution < -0.4 is 5.32 Å². The van der Waals surface area contributed by atoms with Gasteiger partial charge < -0.3 is 10.3 Å². The molecular weight excluding hydrogens is 364 g/mol. The van der Waals surface area contributed by atoms with Crippen LogP contribution >= 0.6 is 0 Å². The maximum Gasteiger partial charge on any atom is 0.272 e. The number of hydrogen-bond acceptors (Lipinski definition) is 3. The number of anilines is 1. The van der Waals surface area contributed by atoms with E-state index >= 15 is 0 Å². The largest absolute Gasteiger partial charge is 0.356 e. The maximum absolute atomic E-state index is 12.7. The third-order valence-electron chi connectivity index (χ3n) is 5.20. The molecule has 146 valence electrons. The summed E-state index contributed by atoms with van der Waals surface area (Å²) in [5, 5.41) is 2.85. The molecule has 0 aliphatic heterocycles. The first-order valence-electron chi connectivity index (χ1n) is 9.74. The Morgan fingerprint density at radius 1 is 0.966 bits per heavy atom. The molecule has 1 aromatic heterocycles. The molecule has 2 N–H and O–H groups in total. The van der Waals surface area contributed by atoms with Gasteiger partial charge in [0.15, 0.2) is 11.6 Å². The standard InChI is InChI=1S/C24H22N2O3/c1-15-7-10-18(22(27)11-16-8-9-16)12-20(15)26-24(29)21-13-19(14-25-21)23(28)17-5-3-2-4-6-17/h2-7,10,12-14,16,25H,8-9,11H2,1H3,(H,26,29). The molecule has 1 aliphatic rings. The first kappa shape index (κ1) is 18.9. The lowest BCUT2D eigenvalue weighted by Gasteiger charge is -2.10. The topological polar surface area (TPSA) is 79.0 Å². The summed E-state index contributed by atoms with van der Waals surface area (Å²) in [5.74, 6) is 0.122. The number of carbonyl (C=O) groups excluding carboxylic acids is 3. The van der Waals surface area contributed by atoms with E-state index in [1.54, 1.807) is 42.5 Å². The Bertz CT molecular complexity index is 1080. The van der Waals surface area contributed by atoms with E-state index < -0.39 is 0 Å². The van der Waals surface area contributed by atoms with Crippen molar-refractivity contribution < 1.29 is 14.4 Å². The molecule has 0 spiro atoms. The first-order chi connectivity index (χ1) is 14.0. The number of ketones is 2. The SMILES string of the molecule is Cc1ccc(C(=O)CC2CC2)cc1NC(=O)c1cc(C(=O)c2ccccc2)c[nH]1. The van der Waals surface area contributed by atoms with Crippen LogP contribution in [0.4, 0.5) is 5.69 Å². The van der Waals surface area contributed by atoms with Gasteiger partial charge in [-0.25, -0.2) is 0 Å². The van der Waals surface area contributed by atoms with Crippen molar-refractivity contribution in [3.8, 4) is 0 Å². The Hall–Kier alpha value is -3.47. The number of carbonyl (C=O) groups is 3. The molecular formula is C24H22N2O3. The normalized spacial score (nSPS) is 13.1. The molecule has 4 rings (SSSR count). The van der Waals surface area contributed by atoms with E-state index in [1.165, 1.54) is 6.20 Å². The fourth-order valence-electron chi connectivity index (χ4n) is 3.23. The predicted octanol–water partition coefficient (Wildman–Crippen LogP) is 4.79. The number of amides is 1. The van der Waals surface area contributed by atoms with Crippen molar-refractivity contribution >= 4 is 23.2 Å². The van der Waals surface area contributed by atoms with Crippen LogP contribution in [0.2, 0.25) is 0 Å². The average molecular weight is 386 g/mol. The monoisotopic (exact) mass is 386 g/mol. The lowest BCUT2D eigenvalue weighted by atomic mass is 10.0. The van der Waals surface area contributed by atoms with Crippen molar-refractivity contribution in [1.82, 2.24) is 4.98 Å². The highest BCUT2D eigenvalue weighted by Gasteiger charge is 2.25. The van der Waals surface area contributed by atoms with E-state index in [4.69, 9.17) is 0 Å². The number of benzene rings is 2. The van der Waals surface area contributed by atoms with Crippen LogP contribution in [0.3, 0.4) is 0 Å². The molecule has 5 nitrogen and oxygen atoms in total. The first-order valence-corrected chi connectivity index (χ1v) is 9.74. The van der Waals surface area contributed by atoms with E-state index in [0.29, 0.717) is 40.4 Å². The van der Waals surface area contributed by atoms with Gasteiger partial charge in [0.1, 0.15) is 5.69 Å². The summed E-state index contributed by atoms with van der Waals surface area (Å²) in [6.45, 7) is 1.88. The Balaban J connectivity index is 1.49. The van der Waals surface area contributed by atoms with E-state index in [-0.39, 0.29) is 17.5 Å². The molecule has 0 atom stereocenters. The fraction of sp³-hybridized carbons (Fsp3) is 0.208. The third kappa shape index (κ3) is 4.35. The zero-order valence-corrected chi connectivity index (χ0v) is 16.2. The fourth-order valence-corrected chi connectivity index (χ4v) is 3.23. The minimum absolute atomic E-state index is 0.110. The summed E-state index contributed by atoms with van der Waals surface area (Å²) < 4.78 is 0. The smallest absolute Gasteiger partial charge is 0.272 e. The van der Waals surface area contributed by atoms with Crippen LogP contribution in [0, 0.1) is 12.8 Å². The highest BCUT2D eigenvalue weighted by Crippen LogP contribution is 2.34. The Kier molecular flexibility index (Phi) is 5.12. The van der Waals surface area contributed by atoms with Gasteiger partial charge in [-0.15, -0.1) is 0 Å². The summed E-state index contributed by atoms with van der Waals surface area (Å²) in [4.78, 5) is 40.4. The molecule has 0 radical (unpaired) electrons. The summed E-state index contributed by atoms with van der Waals surface area (Å²) in [6, 6.07) is 15.8. The van der Waals surface area contributed by atoms with Gasteiger partial charge in [0.25, 0.3) is 5.91 Å². The van der Waals surface area contributed by atoms with Crippen LogP contribution in [0.1, 0.15) is 61.6 Å². The number of hydrogen-bond donors (Lipinski definition) is 2. The molecule has 0 saturated heterocycles. The molecule has 5 heteroatoms. The number of Topliss-reactive ketones (excluding diaryl/α,β-unsaturated/α-hetero) is 1. The van der Waals surface area contributed by atoms with Crippen molar-refractivity contribution in [1.29, 1.82) is 0 Å². The molecule has 29 heavy (non-hydrogen) atoms. The van der Waals surface area contributed by atoms with Crippen molar-refractivity contribution in [2.75, 3.05) is 5.32 Å². The van der Waals surface area contributed by atoms with Gasteiger partial charge in [0, 0.05) is 35.0 Å². The highest BCUT2D eigenvalue weighted by atomic mass is 16.2. The Morgan fingerprint density at radius 3 is 2.45 bits per heavy atom. The Morgan fingerprint density at radius 2 is 1.72 bits per heavy atom. The second-order valence-electron chi connectivity index (χ2n) is 7.55. The van der Waals surface area contributed by atoms with Gasteiger partial charge in [0.2, 0.25) is 0 Å². The summed E-state index contributed by atoms with van der Waals surface area (Å²) in [7, 11) is 0. The van der Waals surface area contributed by atoms with Gasteiger partial charge in [-0.05, 0) is 43.4 Å². The predicted molar refractivity (Wildman–Crippen MR) is 111 cm³/mol. The van der Waals surface area contributed by atoms with E-state index in [2.05, 4.69) is 10.3 Å². The van der Waals surface area contributed by atoms with E-state index in [1.807, 2.05) is 19.1 Å². The number of aryl methyl sites for hydroxylation is 1. The maximum atomic E-state index is 12.7. The van der Waals surface area contributed by atoms with Gasteiger partial charge in [-0.2, -0.15) is 0 Å². The van der Waals surface area contributed by atoms with Crippen LogP contribution in [0.5, 0.6) is 0 Å². The molecule has 1 saturated carbocycles.